The molecule has 152 valence electrons. The Hall–Kier alpha value is -2.29. The van der Waals surface area contributed by atoms with E-state index in [2.05, 4.69) is 10.6 Å². The van der Waals surface area contributed by atoms with Crippen molar-refractivity contribution in [2.45, 2.75) is 18.6 Å². The maximum absolute atomic E-state index is 13.0. The second-order valence-electron chi connectivity index (χ2n) is 6.10. The highest BCUT2D eigenvalue weighted by atomic mass is 35.5. The van der Waals surface area contributed by atoms with E-state index in [4.69, 9.17) is 9.47 Å². The Labute approximate surface area is 166 Å². The molecule has 28 heavy (non-hydrogen) atoms. The van der Waals surface area contributed by atoms with Crippen LogP contribution in [0, 0.1) is 0 Å². The standard InChI is InChI=1S/C19H19F3N2O3.ClH/c20-19(21,22)16-3-1-2-4-17(16)27-15-7-5-13(6-8-15)24-18(25)11-14-12-26-10-9-23-14;/h1-8,14,23H,9-12H2,(H,24,25);1H. The fraction of sp³-hybridized carbons (Fsp3) is 0.316. The maximum Gasteiger partial charge on any atom is 0.419 e. The van der Waals surface area contributed by atoms with Crippen LogP contribution in [0.4, 0.5) is 18.9 Å². The number of carbonyl (C=O) groups is 1. The van der Waals surface area contributed by atoms with Crippen LogP contribution in [-0.2, 0) is 15.7 Å². The van der Waals surface area contributed by atoms with Gasteiger partial charge in [-0.05, 0) is 36.4 Å². The number of amides is 1. The minimum absolute atomic E-state index is 0. The summed E-state index contributed by atoms with van der Waals surface area (Å²) in [5.41, 5.74) is -0.308. The van der Waals surface area contributed by atoms with Crippen molar-refractivity contribution in [3.8, 4) is 11.5 Å². The van der Waals surface area contributed by atoms with Crippen LogP contribution in [0.1, 0.15) is 12.0 Å². The van der Waals surface area contributed by atoms with Crippen molar-refractivity contribution in [1.29, 1.82) is 0 Å². The quantitative estimate of drug-likeness (QED) is 0.765. The second kappa shape index (κ2) is 9.77. The molecule has 0 bridgehead atoms. The van der Waals surface area contributed by atoms with Crippen LogP contribution in [0.25, 0.3) is 0 Å². The summed E-state index contributed by atoms with van der Waals surface area (Å²) in [5.74, 6) is -0.203. The molecule has 1 amide bonds. The largest absolute Gasteiger partial charge is 0.457 e. The van der Waals surface area contributed by atoms with Crippen molar-refractivity contribution in [3.05, 3.63) is 54.1 Å². The summed E-state index contributed by atoms with van der Waals surface area (Å²) < 4.78 is 49.7. The third kappa shape index (κ3) is 6.12. The molecule has 2 aromatic rings. The van der Waals surface area contributed by atoms with Gasteiger partial charge in [-0.2, -0.15) is 13.2 Å². The average molecular weight is 417 g/mol. The smallest absolute Gasteiger partial charge is 0.419 e. The predicted octanol–water partition coefficient (Wildman–Crippen LogP) is 4.24. The normalized spacial score (nSPS) is 16.8. The van der Waals surface area contributed by atoms with Gasteiger partial charge in [0.25, 0.3) is 0 Å². The van der Waals surface area contributed by atoms with Gasteiger partial charge in [-0.15, -0.1) is 12.4 Å². The molecule has 5 nitrogen and oxygen atoms in total. The Morgan fingerprint density at radius 3 is 2.54 bits per heavy atom. The molecule has 1 aliphatic rings. The molecular weight excluding hydrogens is 397 g/mol. The molecule has 3 rings (SSSR count). The van der Waals surface area contributed by atoms with Gasteiger partial charge in [0.15, 0.2) is 0 Å². The van der Waals surface area contributed by atoms with Gasteiger partial charge >= 0.3 is 6.18 Å². The highest BCUT2D eigenvalue weighted by Gasteiger charge is 2.34. The molecule has 0 saturated carbocycles. The summed E-state index contributed by atoms with van der Waals surface area (Å²) in [5, 5.41) is 5.94. The van der Waals surface area contributed by atoms with Crippen molar-refractivity contribution >= 4 is 24.0 Å². The fourth-order valence-electron chi connectivity index (χ4n) is 2.71. The molecule has 1 heterocycles. The molecule has 2 N–H and O–H groups in total. The molecular formula is C19H20ClF3N2O3. The molecule has 0 radical (unpaired) electrons. The summed E-state index contributed by atoms with van der Waals surface area (Å²) in [7, 11) is 0. The lowest BCUT2D eigenvalue weighted by Crippen LogP contribution is -2.43. The van der Waals surface area contributed by atoms with E-state index < -0.39 is 11.7 Å². The maximum atomic E-state index is 13.0. The van der Waals surface area contributed by atoms with Crippen LogP contribution in [-0.4, -0.2) is 31.7 Å². The van der Waals surface area contributed by atoms with Gasteiger partial charge in [-0.25, -0.2) is 0 Å². The van der Waals surface area contributed by atoms with E-state index in [1.807, 2.05) is 0 Å². The Morgan fingerprint density at radius 2 is 1.89 bits per heavy atom. The Bertz CT molecular complexity index is 779. The number of alkyl halides is 3. The zero-order chi connectivity index (χ0) is 19.3. The predicted molar refractivity (Wildman–Crippen MR) is 101 cm³/mol. The van der Waals surface area contributed by atoms with Crippen LogP contribution in [0.15, 0.2) is 48.5 Å². The van der Waals surface area contributed by atoms with E-state index in [0.717, 1.165) is 6.07 Å². The molecule has 1 aliphatic heterocycles. The molecule has 0 spiro atoms. The number of halogens is 4. The van der Waals surface area contributed by atoms with Gasteiger partial charge in [0, 0.05) is 24.7 Å². The number of carbonyl (C=O) groups excluding carboxylic acids is 1. The van der Waals surface area contributed by atoms with Gasteiger partial charge in [0.05, 0.1) is 18.8 Å². The van der Waals surface area contributed by atoms with E-state index >= 15 is 0 Å². The monoisotopic (exact) mass is 416 g/mol. The first-order chi connectivity index (χ1) is 12.9. The van der Waals surface area contributed by atoms with E-state index in [-0.39, 0.29) is 42.3 Å². The van der Waals surface area contributed by atoms with Crippen molar-refractivity contribution in [3.63, 3.8) is 0 Å². The molecule has 1 fully saturated rings. The summed E-state index contributed by atoms with van der Waals surface area (Å²) >= 11 is 0. The topological polar surface area (TPSA) is 59.6 Å². The van der Waals surface area contributed by atoms with Crippen molar-refractivity contribution in [1.82, 2.24) is 5.32 Å². The third-order valence-corrected chi connectivity index (χ3v) is 3.99. The number of rotatable bonds is 5. The van der Waals surface area contributed by atoms with E-state index in [9.17, 15) is 18.0 Å². The lowest BCUT2D eigenvalue weighted by atomic mass is 10.2. The fourth-order valence-corrected chi connectivity index (χ4v) is 2.71. The van der Waals surface area contributed by atoms with Crippen LogP contribution >= 0.6 is 12.4 Å². The molecule has 1 saturated heterocycles. The number of anilines is 1. The molecule has 1 unspecified atom stereocenters. The molecule has 0 aliphatic carbocycles. The number of nitrogens with one attached hydrogen (secondary N) is 2. The third-order valence-electron chi connectivity index (χ3n) is 3.99. The van der Waals surface area contributed by atoms with Crippen molar-refractivity contribution < 1.29 is 27.4 Å². The minimum Gasteiger partial charge on any atom is -0.457 e. The zero-order valence-corrected chi connectivity index (χ0v) is 15.6. The summed E-state index contributed by atoms with van der Waals surface area (Å²) in [6.07, 6.45) is -4.22. The van der Waals surface area contributed by atoms with Gasteiger partial charge < -0.3 is 20.1 Å². The zero-order valence-electron chi connectivity index (χ0n) is 14.8. The van der Waals surface area contributed by atoms with Gasteiger partial charge in [0.1, 0.15) is 11.5 Å². The van der Waals surface area contributed by atoms with Crippen LogP contribution in [0.5, 0.6) is 11.5 Å². The first kappa shape index (κ1) is 22.0. The molecule has 9 heteroatoms. The Kier molecular flexibility index (Phi) is 7.68. The lowest BCUT2D eigenvalue weighted by molar-refractivity contribution is -0.138. The van der Waals surface area contributed by atoms with Gasteiger partial charge in [-0.1, -0.05) is 12.1 Å². The Balaban J connectivity index is 0.00000280. The van der Waals surface area contributed by atoms with Crippen LogP contribution in [0.3, 0.4) is 0 Å². The minimum atomic E-state index is -4.50. The summed E-state index contributed by atoms with van der Waals surface area (Å²) in [6, 6.07) is 11.1. The highest BCUT2D eigenvalue weighted by Crippen LogP contribution is 2.37. The van der Waals surface area contributed by atoms with Gasteiger partial charge in [0.2, 0.25) is 5.91 Å². The molecule has 2 aromatic carbocycles. The van der Waals surface area contributed by atoms with E-state index in [1.54, 1.807) is 12.1 Å². The number of ether oxygens (including phenoxy) is 2. The Morgan fingerprint density at radius 1 is 1.18 bits per heavy atom. The van der Waals surface area contributed by atoms with Gasteiger partial charge in [-0.3, -0.25) is 4.79 Å². The van der Waals surface area contributed by atoms with Crippen molar-refractivity contribution in [2.75, 3.05) is 25.1 Å². The second-order valence-corrected chi connectivity index (χ2v) is 6.10. The highest BCUT2D eigenvalue weighted by molar-refractivity contribution is 5.91. The summed E-state index contributed by atoms with van der Waals surface area (Å²) in [6.45, 7) is 1.83. The first-order valence-corrected chi connectivity index (χ1v) is 8.47. The molecule has 0 aromatic heterocycles. The number of benzene rings is 2. The average Bonchev–Trinajstić information content (AvgIpc) is 2.64. The lowest BCUT2D eigenvalue weighted by Gasteiger charge is -2.23. The summed E-state index contributed by atoms with van der Waals surface area (Å²) in [4.78, 5) is 12.0. The van der Waals surface area contributed by atoms with Crippen molar-refractivity contribution in [2.24, 2.45) is 0 Å². The van der Waals surface area contributed by atoms with Crippen LogP contribution in [0.2, 0.25) is 0 Å². The number of hydrogen-bond acceptors (Lipinski definition) is 4. The van der Waals surface area contributed by atoms with E-state index in [0.29, 0.717) is 25.4 Å². The molecule has 1 atom stereocenters. The van der Waals surface area contributed by atoms with E-state index in [1.165, 1.54) is 30.3 Å². The SMILES string of the molecule is Cl.O=C(CC1COCCN1)Nc1ccc(Oc2ccccc2C(F)(F)F)cc1. The number of morpholine rings is 1. The number of para-hydroxylation sites is 1. The number of hydrogen-bond donors (Lipinski definition) is 2. The van der Waals surface area contributed by atoms with Crippen LogP contribution < -0.4 is 15.4 Å². The first-order valence-electron chi connectivity index (χ1n) is 8.47.